The summed E-state index contributed by atoms with van der Waals surface area (Å²) in [7, 11) is 0. The van der Waals surface area contributed by atoms with Crippen LogP contribution in [0.1, 0.15) is 11.1 Å². The smallest absolute Gasteiger partial charge is 0.148 e. The first-order chi connectivity index (χ1) is 8.70. The molecule has 0 unspecified atom stereocenters. The molecule has 2 aromatic carbocycles. The summed E-state index contributed by atoms with van der Waals surface area (Å²) in [6.45, 7) is 0.559. The van der Waals surface area contributed by atoms with Crippen molar-refractivity contribution in [2.24, 2.45) is 0 Å². The van der Waals surface area contributed by atoms with Crippen molar-refractivity contribution in [1.29, 1.82) is 0 Å². The molecule has 94 valence electrons. The van der Waals surface area contributed by atoms with Crippen LogP contribution >= 0.6 is 31.9 Å². The highest BCUT2D eigenvalue weighted by Crippen LogP contribution is 2.33. The first-order valence-electron chi connectivity index (χ1n) is 5.46. The molecule has 0 aliphatic heterocycles. The molecule has 0 fully saturated rings. The lowest BCUT2D eigenvalue weighted by Crippen LogP contribution is -1.97. The van der Waals surface area contributed by atoms with Crippen molar-refractivity contribution < 1.29 is 9.84 Å². The second-order valence-electron chi connectivity index (χ2n) is 3.81. The predicted molar refractivity (Wildman–Crippen MR) is 78.5 cm³/mol. The molecule has 1 N–H and O–H groups in total. The quantitative estimate of drug-likeness (QED) is 0.868. The summed E-state index contributed by atoms with van der Waals surface area (Å²) in [6, 6.07) is 13.5. The Balaban J connectivity index is 2.06. The molecule has 0 heterocycles. The first kappa shape index (κ1) is 13.6. The molecule has 0 aromatic heterocycles. The van der Waals surface area contributed by atoms with Gasteiger partial charge in [-0.2, -0.15) is 0 Å². The van der Waals surface area contributed by atoms with Crippen LogP contribution in [0.25, 0.3) is 0 Å². The lowest BCUT2D eigenvalue weighted by Gasteiger charge is -2.10. The molecule has 0 saturated heterocycles. The minimum Gasteiger partial charge on any atom is -0.487 e. The van der Waals surface area contributed by atoms with Gasteiger partial charge in [0, 0.05) is 0 Å². The summed E-state index contributed by atoms with van der Waals surface area (Å²) in [6.07, 6.45) is 0. The average molecular weight is 372 g/mol. The Morgan fingerprint density at radius 2 is 1.44 bits per heavy atom. The van der Waals surface area contributed by atoms with Crippen molar-refractivity contribution in [3.05, 3.63) is 62.5 Å². The molecular weight excluding hydrogens is 360 g/mol. The summed E-state index contributed by atoms with van der Waals surface area (Å²) < 4.78 is 7.61. The molecule has 2 aromatic rings. The summed E-state index contributed by atoms with van der Waals surface area (Å²) in [5.74, 6) is 0.795. The molecule has 0 aliphatic rings. The van der Waals surface area contributed by atoms with E-state index < -0.39 is 0 Å². The van der Waals surface area contributed by atoms with Crippen LogP contribution in [0.3, 0.4) is 0 Å². The van der Waals surface area contributed by atoms with Crippen molar-refractivity contribution in [3.63, 3.8) is 0 Å². The Bertz CT molecular complexity index is 504. The van der Waals surface area contributed by atoms with Gasteiger partial charge in [-0.05, 0) is 55.1 Å². The van der Waals surface area contributed by atoms with E-state index >= 15 is 0 Å². The monoisotopic (exact) mass is 370 g/mol. The SMILES string of the molecule is OCc1ccc(COc2c(Br)cccc2Br)cc1. The Morgan fingerprint density at radius 1 is 0.889 bits per heavy atom. The lowest BCUT2D eigenvalue weighted by molar-refractivity contribution is 0.281. The molecule has 0 spiro atoms. The van der Waals surface area contributed by atoms with Crippen molar-refractivity contribution in [2.75, 3.05) is 0 Å². The highest BCUT2D eigenvalue weighted by atomic mass is 79.9. The van der Waals surface area contributed by atoms with Crippen LogP contribution in [-0.2, 0) is 13.2 Å². The maximum absolute atomic E-state index is 8.97. The van der Waals surface area contributed by atoms with Crippen LogP contribution in [0, 0.1) is 0 Å². The van der Waals surface area contributed by atoms with Gasteiger partial charge in [-0.1, -0.05) is 30.3 Å². The van der Waals surface area contributed by atoms with Gasteiger partial charge in [-0.15, -0.1) is 0 Å². The maximum Gasteiger partial charge on any atom is 0.148 e. The fourth-order valence-electron chi connectivity index (χ4n) is 1.52. The molecule has 0 atom stereocenters. The van der Waals surface area contributed by atoms with E-state index in [1.165, 1.54) is 0 Å². The number of para-hydroxylation sites is 1. The molecule has 0 aliphatic carbocycles. The van der Waals surface area contributed by atoms with Crippen LogP contribution in [-0.4, -0.2) is 5.11 Å². The lowest BCUT2D eigenvalue weighted by atomic mass is 10.1. The van der Waals surface area contributed by atoms with Gasteiger partial charge in [0.05, 0.1) is 15.6 Å². The van der Waals surface area contributed by atoms with Crippen molar-refractivity contribution >= 4 is 31.9 Å². The zero-order valence-corrected chi connectivity index (χ0v) is 12.7. The van der Waals surface area contributed by atoms with E-state index in [0.717, 1.165) is 25.8 Å². The molecule has 0 saturated carbocycles. The number of hydrogen-bond donors (Lipinski definition) is 1. The highest BCUT2D eigenvalue weighted by molar-refractivity contribution is 9.11. The largest absolute Gasteiger partial charge is 0.487 e. The summed E-state index contributed by atoms with van der Waals surface area (Å²) in [4.78, 5) is 0. The van der Waals surface area contributed by atoms with Gasteiger partial charge in [0.25, 0.3) is 0 Å². The third-order valence-corrected chi connectivity index (χ3v) is 3.76. The van der Waals surface area contributed by atoms with Crippen molar-refractivity contribution in [3.8, 4) is 5.75 Å². The molecule has 2 rings (SSSR count). The number of benzene rings is 2. The van der Waals surface area contributed by atoms with Gasteiger partial charge in [0.15, 0.2) is 0 Å². The number of aliphatic hydroxyl groups excluding tert-OH is 1. The molecule has 4 heteroatoms. The van der Waals surface area contributed by atoms with Gasteiger partial charge in [-0.25, -0.2) is 0 Å². The number of rotatable bonds is 4. The maximum atomic E-state index is 8.97. The van der Waals surface area contributed by atoms with Crippen LogP contribution < -0.4 is 4.74 Å². The Hall–Kier alpha value is -0.840. The summed E-state index contributed by atoms with van der Waals surface area (Å²) >= 11 is 6.91. The van der Waals surface area contributed by atoms with Gasteiger partial charge in [0.1, 0.15) is 12.4 Å². The molecular formula is C14H12Br2O2. The number of aliphatic hydroxyl groups is 1. The van der Waals surface area contributed by atoms with Crippen LogP contribution in [0.15, 0.2) is 51.4 Å². The number of hydrogen-bond acceptors (Lipinski definition) is 2. The van der Waals surface area contributed by atoms with Crippen LogP contribution in [0.4, 0.5) is 0 Å². The van der Waals surface area contributed by atoms with Gasteiger partial charge in [0.2, 0.25) is 0 Å². The molecule has 2 nitrogen and oxygen atoms in total. The Kier molecular flexibility index (Phi) is 4.80. The molecule has 0 radical (unpaired) electrons. The van der Waals surface area contributed by atoms with Gasteiger partial charge < -0.3 is 9.84 Å². The minimum absolute atomic E-state index is 0.0664. The average Bonchev–Trinajstić information content (AvgIpc) is 2.39. The van der Waals surface area contributed by atoms with E-state index in [-0.39, 0.29) is 6.61 Å². The van der Waals surface area contributed by atoms with E-state index in [2.05, 4.69) is 31.9 Å². The standard InChI is InChI=1S/C14H12Br2O2/c15-12-2-1-3-13(16)14(12)18-9-11-6-4-10(8-17)5-7-11/h1-7,17H,8-9H2. The zero-order chi connectivity index (χ0) is 13.0. The molecule has 0 bridgehead atoms. The zero-order valence-electron chi connectivity index (χ0n) is 9.57. The minimum atomic E-state index is 0.0664. The van der Waals surface area contributed by atoms with Gasteiger partial charge >= 0.3 is 0 Å². The fourth-order valence-corrected chi connectivity index (χ4v) is 2.74. The normalized spacial score (nSPS) is 10.4. The fraction of sp³-hybridized carbons (Fsp3) is 0.143. The van der Waals surface area contributed by atoms with E-state index in [1.54, 1.807) is 0 Å². The third-order valence-electron chi connectivity index (χ3n) is 2.51. The second kappa shape index (κ2) is 6.36. The summed E-state index contributed by atoms with van der Waals surface area (Å²) in [5.41, 5.74) is 1.97. The van der Waals surface area contributed by atoms with E-state index in [9.17, 15) is 0 Å². The van der Waals surface area contributed by atoms with Crippen LogP contribution in [0.5, 0.6) is 5.75 Å². The topological polar surface area (TPSA) is 29.5 Å². The highest BCUT2D eigenvalue weighted by Gasteiger charge is 2.05. The predicted octanol–water partition coefficient (Wildman–Crippen LogP) is 4.28. The van der Waals surface area contributed by atoms with Crippen LogP contribution in [0.2, 0.25) is 0 Å². The van der Waals surface area contributed by atoms with Crippen molar-refractivity contribution in [1.82, 2.24) is 0 Å². The van der Waals surface area contributed by atoms with E-state index in [0.29, 0.717) is 6.61 Å². The Labute approximate surface area is 123 Å². The second-order valence-corrected chi connectivity index (χ2v) is 5.52. The van der Waals surface area contributed by atoms with Gasteiger partial charge in [-0.3, -0.25) is 0 Å². The van der Waals surface area contributed by atoms with Crippen molar-refractivity contribution in [2.45, 2.75) is 13.2 Å². The molecule has 0 amide bonds. The number of halogens is 2. The summed E-state index contributed by atoms with van der Waals surface area (Å²) in [5, 5.41) is 8.97. The first-order valence-corrected chi connectivity index (χ1v) is 7.05. The van der Waals surface area contributed by atoms with E-state index in [1.807, 2.05) is 42.5 Å². The van der Waals surface area contributed by atoms with E-state index in [4.69, 9.17) is 9.84 Å². The Morgan fingerprint density at radius 3 is 2.00 bits per heavy atom. The number of ether oxygens (including phenoxy) is 1. The third kappa shape index (κ3) is 3.34. The molecule has 18 heavy (non-hydrogen) atoms.